The topological polar surface area (TPSA) is 89.7 Å². The van der Waals surface area contributed by atoms with Gasteiger partial charge in [-0.1, -0.05) is 48.0 Å². The van der Waals surface area contributed by atoms with Crippen LogP contribution in [-0.2, 0) is 14.3 Å². The van der Waals surface area contributed by atoms with Crippen LogP contribution in [0.25, 0.3) is 0 Å². The number of amides is 1. The number of hydrogen-bond donors (Lipinski definition) is 0. The molecule has 0 radical (unpaired) electrons. The van der Waals surface area contributed by atoms with Crippen molar-refractivity contribution in [2.75, 3.05) is 4.90 Å². The van der Waals surface area contributed by atoms with Crippen molar-refractivity contribution in [2.45, 2.75) is 38.3 Å². The predicted molar refractivity (Wildman–Crippen MR) is 122 cm³/mol. The molecular formula is C26H26N2O5. The number of rotatable bonds is 4. The van der Waals surface area contributed by atoms with Crippen LogP contribution in [0.2, 0.25) is 0 Å². The molecule has 2 fully saturated rings. The number of hydrogen-bond acceptors (Lipinski definition) is 5. The van der Waals surface area contributed by atoms with Gasteiger partial charge in [0.05, 0.1) is 11.8 Å². The van der Waals surface area contributed by atoms with Crippen molar-refractivity contribution in [3.05, 3.63) is 82.4 Å². The number of cyclic esters (lactones) is 1. The molecule has 1 saturated carbocycles. The summed E-state index contributed by atoms with van der Waals surface area (Å²) in [6.07, 6.45) is 2.74. The van der Waals surface area contributed by atoms with Crippen molar-refractivity contribution >= 4 is 23.3 Å². The molecule has 1 aliphatic heterocycles. The third-order valence-corrected chi connectivity index (χ3v) is 7.36. The van der Waals surface area contributed by atoms with Crippen molar-refractivity contribution in [3.8, 4) is 0 Å². The molecule has 170 valence electrons. The SMILES string of the molecule is C[C@@H]1OC(=O)[C@H]2C=C3C[C@@H]([N+](=O)[O-])CC[C@@H]3[C@@H](C(=O)N(c3ccccc3)c3ccccc3)[C@@H]12. The first kappa shape index (κ1) is 21.4. The van der Waals surface area contributed by atoms with Gasteiger partial charge in [0.15, 0.2) is 0 Å². The summed E-state index contributed by atoms with van der Waals surface area (Å²) < 4.78 is 5.57. The second kappa shape index (κ2) is 8.46. The zero-order valence-corrected chi connectivity index (χ0v) is 18.4. The fraction of sp³-hybridized carbons (Fsp3) is 0.385. The van der Waals surface area contributed by atoms with E-state index in [1.54, 1.807) is 4.90 Å². The Morgan fingerprint density at radius 2 is 1.64 bits per heavy atom. The quantitative estimate of drug-likeness (QED) is 0.298. The minimum atomic E-state index is -0.672. The Balaban J connectivity index is 1.59. The van der Waals surface area contributed by atoms with Gasteiger partial charge in [0.1, 0.15) is 6.10 Å². The number of esters is 1. The lowest BCUT2D eigenvalue weighted by molar-refractivity contribution is -0.524. The lowest BCUT2D eigenvalue weighted by Gasteiger charge is -2.43. The summed E-state index contributed by atoms with van der Waals surface area (Å²) in [7, 11) is 0. The smallest absolute Gasteiger partial charge is 0.313 e. The second-order valence-electron chi connectivity index (χ2n) is 9.18. The molecule has 7 nitrogen and oxygen atoms in total. The number of ether oxygens (including phenoxy) is 1. The minimum Gasteiger partial charge on any atom is -0.462 e. The third kappa shape index (κ3) is 3.71. The Labute approximate surface area is 192 Å². The van der Waals surface area contributed by atoms with E-state index in [-0.39, 0.29) is 35.1 Å². The van der Waals surface area contributed by atoms with Gasteiger partial charge in [-0.15, -0.1) is 0 Å². The van der Waals surface area contributed by atoms with E-state index in [4.69, 9.17) is 4.74 Å². The molecule has 0 N–H and O–H groups in total. The molecule has 1 amide bonds. The number of anilines is 2. The van der Waals surface area contributed by atoms with Gasteiger partial charge in [-0.05, 0) is 43.5 Å². The molecule has 2 aliphatic carbocycles. The highest BCUT2D eigenvalue weighted by Crippen LogP contribution is 2.51. The lowest BCUT2D eigenvalue weighted by atomic mass is 9.61. The molecule has 1 saturated heterocycles. The van der Waals surface area contributed by atoms with E-state index in [0.29, 0.717) is 12.8 Å². The average molecular weight is 447 g/mol. The highest BCUT2D eigenvalue weighted by Gasteiger charge is 2.56. The van der Waals surface area contributed by atoms with E-state index in [1.165, 1.54) is 0 Å². The van der Waals surface area contributed by atoms with E-state index in [0.717, 1.165) is 16.9 Å². The Hall–Kier alpha value is -3.48. The number of fused-ring (bicyclic) bond motifs is 2. The van der Waals surface area contributed by atoms with Gasteiger partial charge >= 0.3 is 5.97 Å². The zero-order valence-electron chi connectivity index (χ0n) is 18.4. The van der Waals surface area contributed by atoms with Crippen LogP contribution in [0.5, 0.6) is 0 Å². The van der Waals surface area contributed by atoms with Crippen LogP contribution in [0, 0.1) is 33.8 Å². The number of carbonyl (C=O) groups excluding carboxylic acids is 2. The molecule has 1 heterocycles. The first-order chi connectivity index (χ1) is 16.0. The third-order valence-electron chi connectivity index (χ3n) is 7.36. The average Bonchev–Trinajstić information content (AvgIpc) is 3.11. The second-order valence-corrected chi connectivity index (χ2v) is 9.18. The van der Waals surface area contributed by atoms with Gasteiger partial charge < -0.3 is 4.74 Å². The zero-order chi connectivity index (χ0) is 23.1. The van der Waals surface area contributed by atoms with Gasteiger partial charge in [-0.3, -0.25) is 24.6 Å². The van der Waals surface area contributed by atoms with Crippen LogP contribution in [0.4, 0.5) is 11.4 Å². The fourth-order valence-electron chi connectivity index (χ4n) is 5.89. The first-order valence-corrected chi connectivity index (χ1v) is 11.4. The van der Waals surface area contributed by atoms with E-state index in [1.807, 2.05) is 73.7 Å². The van der Waals surface area contributed by atoms with E-state index in [2.05, 4.69) is 0 Å². The highest BCUT2D eigenvalue weighted by molar-refractivity contribution is 6.03. The molecule has 0 bridgehead atoms. The van der Waals surface area contributed by atoms with Gasteiger partial charge in [-0.2, -0.15) is 0 Å². The molecule has 33 heavy (non-hydrogen) atoms. The molecule has 5 rings (SSSR count). The van der Waals surface area contributed by atoms with Crippen molar-refractivity contribution in [1.29, 1.82) is 0 Å². The molecule has 0 aromatic heterocycles. The molecule has 2 aromatic rings. The number of nitro groups is 1. The van der Waals surface area contributed by atoms with Crippen LogP contribution >= 0.6 is 0 Å². The summed E-state index contributed by atoms with van der Waals surface area (Å²) in [5.74, 6) is -1.90. The predicted octanol–water partition coefficient (Wildman–Crippen LogP) is 4.53. The molecule has 7 heteroatoms. The van der Waals surface area contributed by atoms with Crippen molar-refractivity contribution in [1.82, 2.24) is 0 Å². The first-order valence-electron chi connectivity index (χ1n) is 11.4. The Bertz CT molecular complexity index is 1060. The van der Waals surface area contributed by atoms with E-state index < -0.39 is 24.0 Å². The summed E-state index contributed by atoms with van der Waals surface area (Å²) in [5.41, 5.74) is 2.35. The summed E-state index contributed by atoms with van der Waals surface area (Å²) in [5, 5.41) is 11.5. The van der Waals surface area contributed by atoms with Crippen LogP contribution in [0.3, 0.4) is 0 Å². The van der Waals surface area contributed by atoms with Crippen LogP contribution in [0.15, 0.2) is 72.3 Å². The summed E-state index contributed by atoms with van der Waals surface area (Å²) >= 11 is 0. The van der Waals surface area contributed by atoms with Crippen LogP contribution < -0.4 is 4.90 Å². The minimum absolute atomic E-state index is 0.0947. The summed E-state index contributed by atoms with van der Waals surface area (Å²) in [6, 6.07) is 18.3. The Morgan fingerprint density at radius 3 is 2.21 bits per heavy atom. The van der Waals surface area contributed by atoms with Gasteiger partial charge in [0.2, 0.25) is 11.9 Å². The van der Waals surface area contributed by atoms with Crippen LogP contribution in [-0.4, -0.2) is 28.9 Å². The molecule has 0 spiro atoms. The number of nitrogens with zero attached hydrogens (tertiary/aromatic N) is 2. The van der Waals surface area contributed by atoms with Crippen molar-refractivity contribution < 1.29 is 19.2 Å². The van der Waals surface area contributed by atoms with Crippen molar-refractivity contribution in [2.24, 2.45) is 23.7 Å². The Morgan fingerprint density at radius 1 is 1.03 bits per heavy atom. The monoisotopic (exact) mass is 446 g/mol. The molecule has 2 aromatic carbocycles. The number of benzene rings is 2. The number of carbonyl (C=O) groups is 2. The van der Waals surface area contributed by atoms with Gasteiger partial charge in [0.25, 0.3) is 0 Å². The highest BCUT2D eigenvalue weighted by atomic mass is 16.6. The van der Waals surface area contributed by atoms with E-state index >= 15 is 0 Å². The van der Waals surface area contributed by atoms with Gasteiger partial charge in [-0.25, -0.2) is 0 Å². The lowest BCUT2D eigenvalue weighted by Crippen LogP contribution is -2.48. The normalized spacial score (nSPS) is 30.5. The summed E-state index contributed by atoms with van der Waals surface area (Å²) in [6.45, 7) is 1.85. The fourth-order valence-corrected chi connectivity index (χ4v) is 5.89. The standard InChI is InChI=1S/C26H26N2O5/c1-16-23-22(26(30)33-16)15-17-14-20(28(31)32)12-13-21(17)24(23)25(29)27(18-8-4-2-5-9-18)19-10-6-3-7-11-19/h2-11,15-16,20-24H,12-14H2,1H3/t16-,20-,21-,22-,23-,24+/m0/s1. The summed E-state index contributed by atoms with van der Waals surface area (Å²) in [4.78, 5) is 40.0. The number of para-hydroxylation sites is 2. The molecular weight excluding hydrogens is 420 g/mol. The Kier molecular flexibility index (Phi) is 5.48. The molecule has 3 aliphatic rings. The molecule has 6 atom stereocenters. The van der Waals surface area contributed by atoms with Crippen molar-refractivity contribution in [3.63, 3.8) is 0 Å². The van der Waals surface area contributed by atoms with E-state index in [9.17, 15) is 19.7 Å². The largest absolute Gasteiger partial charge is 0.462 e. The maximum Gasteiger partial charge on any atom is 0.313 e. The van der Waals surface area contributed by atoms with Crippen LogP contribution in [0.1, 0.15) is 26.2 Å². The maximum atomic E-state index is 14.4. The molecule has 0 unspecified atom stereocenters. The van der Waals surface area contributed by atoms with Gasteiger partial charge in [0, 0.05) is 35.1 Å². The maximum absolute atomic E-state index is 14.4.